The summed E-state index contributed by atoms with van der Waals surface area (Å²) in [4.78, 5) is 14.0. The Hall–Kier alpha value is -0.610. The van der Waals surface area contributed by atoms with E-state index in [4.69, 9.17) is 5.73 Å². The molecule has 2 atom stereocenters. The maximum Gasteiger partial charge on any atom is 0.234 e. The molecule has 3 N–H and O–H groups in total. The van der Waals surface area contributed by atoms with E-state index in [1.54, 1.807) is 0 Å². The summed E-state index contributed by atoms with van der Waals surface area (Å²) in [6.45, 7) is 8.52. The van der Waals surface area contributed by atoms with Gasteiger partial charge >= 0.3 is 0 Å². The third-order valence-corrected chi connectivity index (χ3v) is 3.95. The fourth-order valence-corrected chi connectivity index (χ4v) is 3.02. The van der Waals surface area contributed by atoms with Gasteiger partial charge < -0.3 is 16.0 Å². The minimum absolute atomic E-state index is 0.191. The largest absolute Gasteiger partial charge is 0.368 e. The third kappa shape index (κ3) is 5.91. The number of primary amides is 1. The van der Waals surface area contributed by atoms with Crippen molar-refractivity contribution >= 4 is 5.91 Å². The molecule has 1 fully saturated rings. The second-order valence-corrected chi connectivity index (χ2v) is 6.04. The van der Waals surface area contributed by atoms with Crippen LogP contribution in [0.1, 0.15) is 59.3 Å². The summed E-state index contributed by atoms with van der Waals surface area (Å²) in [6.07, 6.45) is 7.30. The molecule has 1 amide bonds. The Labute approximate surface area is 118 Å². The van der Waals surface area contributed by atoms with Gasteiger partial charge in [-0.2, -0.15) is 0 Å². The van der Waals surface area contributed by atoms with Crippen LogP contribution in [0.5, 0.6) is 0 Å². The fraction of sp³-hybridized carbons (Fsp3) is 0.933. The highest BCUT2D eigenvalue weighted by Crippen LogP contribution is 2.21. The molecule has 0 spiro atoms. The van der Waals surface area contributed by atoms with Crippen LogP contribution in [0.25, 0.3) is 0 Å². The first-order valence-electron chi connectivity index (χ1n) is 7.84. The van der Waals surface area contributed by atoms with Gasteiger partial charge in [-0.05, 0) is 32.2 Å². The maximum absolute atomic E-state index is 11.5. The number of carbonyl (C=O) groups excluding carboxylic acids is 1. The molecule has 112 valence electrons. The summed E-state index contributed by atoms with van der Waals surface area (Å²) < 4.78 is 0. The molecule has 0 aromatic rings. The predicted molar refractivity (Wildman–Crippen MR) is 80.0 cm³/mol. The Morgan fingerprint density at radius 1 is 1.42 bits per heavy atom. The van der Waals surface area contributed by atoms with E-state index in [-0.39, 0.29) is 11.9 Å². The van der Waals surface area contributed by atoms with Gasteiger partial charge in [-0.1, -0.05) is 33.6 Å². The van der Waals surface area contributed by atoms with Crippen LogP contribution in [0.4, 0.5) is 0 Å². The number of likely N-dealkylation sites (tertiary alicyclic amines) is 1. The van der Waals surface area contributed by atoms with Crippen LogP contribution in [0, 0.1) is 0 Å². The lowest BCUT2D eigenvalue weighted by atomic mass is 9.97. The van der Waals surface area contributed by atoms with Gasteiger partial charge in [-0.3, -0.25) is 4.79 Å². The van der Waals surface area contributed by atoms with Gasteiger partial charge in [0.2, 0.25) is 5.91 Å². The molecule has 4 nitrogen and oxygen atoms in total. The highest BCUT2D eigenvalue weighted by molar-refractivity contribution is 5.79. The van der Waals surface area contributed by atoms with Crippen LogP contribution < -0.4 is 11.1 Å². The molecule has 0 aromatic heterocycles. The Morgan fingerprint density at radius 3 is 2.74 bits per heavy atom. The van der Waals surface area contributed by atoms with Gasteiger partial charge in [-0.25, -0.2) is 0 Å². The molecule has 2 unspecified atom stereocenters. The topological polar surface area (TPSA) is 58.4 Å². The van der Waals surface area contributed by atoms with E-state index in [0.29, 0.717) is 12.1 Å². The van der Waals surface area contributed by atoms with Crippen LogP contribution in [0.2, 0.25) is 0 Å². The number of piperidine rings is 1. The molecule has 0 aromatic carbocycles. The molecule has 19 heavy (non-hydrogen) atoms. The van der Waals surface area contributed by atoms with E-state index >= 15 is 0 Å². The Kier molecular flexibility index (Phi) is 7.39. The summed E-state index contributed by atoms with van der Waals surface area (Å²) >= 11 is 0. The van der Waals surface area contributed by atoms with E-state index in [9.17, 15) is 4.79 Å². The molecule has 0 saturated carbocycles. The molecule has 0 bridgehead atoms. The zero-order valence-electron chi connectivity index (χ0n) is 12.8. The molecule has 1 rings (SSSR count). The summed E-state index contributed by atoms with van der Waals surface area (Å²) in [5, 5.41) is 3.26. The molecule has 0 radical (unpaired) electrons. The average Bonchev–Trinajstić information content (AvgIpc) is 2.35. The van der Waals surface area contributed by atoms with Crippen molar-refractivity contribution in [2.24, 2.45) is 5.73 Å². The SMILES string of the molecule is CCCC1CCCCN1CCC(NC(C)C)C(N)=O. The van der Waals surface area contributed by atoms with Crippen LogP contribution in [-0.4, -0.2) is 42.0 Å². The Balaban J connectivity index is 2.44. The van der Waals surface area contributed by atoms with Gasteiger partial charge in [0.05, 0.1) is 6.04 Å². The highest BCUT2D eigenvalue weighted by Gasteiger charge is 2.23. The molecule has 4 heteroatoms. The third-order valence-electron chi connectivity index (χ3n) is 3.95. The lowest BCUT2D eigenvalue weighted by Gasteiger charge is -2.36. The zero-order chi connectivity index (χ0) is 14.3. The summed E-state index contributed by atoms with van der Waals surface area (Å²) in [5.74, 6) is -0.224. The minimum atomic E-state index is -0.224. The van der Waals surface area contributed by atoms with Gasteiger partial charge in [0.15, 0.2) is 0 Å². The number of amides is 1. The van der Waals surface area contributed by atoms with Gasteiger partial charge in [0.1, 0.15) is 0 Å². The molecular formula is C15H31N3O. The Morgan fingerprint density at radius 2 is 2.16 bits per heavy atom. The summed E-state index contributed by atoms with van der Waals surface area (Å²) in [5.41, 5.74) is 5.47. The molecule has 1 heterocycles. The molecule has 1 aliphatic rings. The normalized spacial score (nSPS) is 22.6. The van der Waals surface area contributed by atoms with Gasteiger partial charge in [0, 0.05) is 18.6 Å². The number of rotatable bonds is 8. The van der Waals surface area contributed by atoms with Crippen LogP contribution in [0.3, 0.4) is 0 Å². The lowest BCUT2D eigenvalue weighted by molar-refractivity contribution is -0.120. The smallest absolute Gasteiger partial charge is 0.234 e. The first kappa shape index (κ1) is 16.4. The number of nitrogens with two attached hydrogens (primary N) is 1. The van der Waals surface area contributed by atoms with E-state index in [1.165, 1.54) is 38.6 Å². The van der Waals surface area contributed by atoms with E-state index < -0.39 is 0 Å². The van der Waals surface area contributed by atoms with E-state index in [2.05, 4.69) is 31.0 Å². The maximum atomic E-state index is 11.5. The highest BCUT2D eigenvalue weighted by atomic mass is 16.1. The van der Waals surface area contributed by atoms with E-state index in [0.717, 1.165) is 13.0 Å². The second kappa shape index (κ2) is 8.54. The fourth-order valence-electron chi connectivity index (χ4n) is 3.02. The van der Waals surface area contributed by atoms with Crippen LogP contribution >= 0.6 is 0 Å². The summed E-state index contributed by atoms with van der Waals surface area (Å²) in [6, 6.07) is 0.820. The first-order valence-corrected chi connectivity index (χ1v) is 7.84. The quantitative estimate of drug-likeness (QED) is 0.707. The number of hydrogen-bond donors (Lipinski definition) is 2. The number of hydrogen-bond acceptors (Lipinski definition) is 3. The first-order chi connectivity index (χ1) is 9.04. The predicted octanol–water partition coefficient (Wildman–Crippen LogP) is 1.88. The van der Waals surface area contributed by atoms with Crippen molar-refractivity contribution in [1.82, 2.24) is 10.2 Å². The number of nitrogens with one attached hydrogen (secondary N) is 1. The molecule has 1 saturated heterocycles. The van der Waals surface area contributed by atoms with Gasteiger partial charge in [0.25, 0.3) is 0 Å². The van der Waals surface area contributed by atoms with Crippen LogP contribution in [0.15, 0.2) is 0 Å². The van der Waals surface area contributed by atoms with Crippen molar-refractivity contribution in [2.75, 3.05) is 13.1 Å². The Bertz CT molecular complexity index is 266. The lowest BCUT2D eigenvalue weighted by Crippen LogP contribution is -2.48. The van der Waals surface area contributed by atoms with Crippen molar-refractivity contribution < 1.29 is 4.79 Å². The summed E-state index contributed by atoms with van der Waals surface area (Å²) in [7, 11) is 0. The number of carbonyl (C=O) groups is 1. The van der Waals surface area contributed by atoms with Crippen molar-refractivity contribution in [3.63, 3.8) is 0 Å². The van der Waals surface area contributed by atoms with Crippen molar-refractivity contribution in [1.29, 1.82) is 0 Å². The minimum Gasteiger partial charge on any atom is -0.368 e. The number of nitrogens with zero attached hydrogens (tertiary/aromatic N) is 1. The van der Waals surface area contributed by atoms with Crippen LogP contribution in [-0.2, 0) is 4.79 Å². The molecule has 1 aliphatic heterocycles. The standard InChI is InChI=1S/C15H31N3O/c1-4-7-13-8-5-6-10-18(13)11-9-14(15(16)19)17-12(2)3/h12-14,17H,4-11H2,1-3H3,(H2,16,19). The zero-order valence-corrected chi connectivity index (χ0v) is 12.8. The molecular weight excluding hydrogens is 238 g/mol. The van der Waals surface area contributed by atoms with Crippen molar-refractivity contribution in [2.45, 2.75) is 77.4 Å². The van der Waals surface area contributed by atoms with E-state index in [1.807, 2.05) is 0 Å². The monoisotopic (exact) mass is 269 g/mol. The average molecular weight is 269 g/mol. The second-order valence-electron chi connectivity index (χ2n) is 6.04. The molecule has 0 aliphatic carbocycles. The van der Waals surface area contributed by atoms with Gasteiger partial charge in [-0.15, -0.1) is 0 Å². The van der Waals surface area contributed by atoms with Crippen molar-refractivity contribution in [3.05, 3.63) is 0 Å². The van der Waals surface area contributed by atoms with Crippen molar-refractivity contribution in [3.8, 4) is 0 Å².